The number of phenols is 2. The molecule has 0 saturated heterocycles. The van der Waals surface area contributed by atoms with Gasteiger partial charge in [0.15, 0.2) is 0 Å². The van der Waals surface area contributed by atoms with Gasteiger partial charge < -0.3 is 14.8 Å². The Labute approximate surface area is 154 Å². The van der Waals surface area contributed by atoms with Crippen LogP contribution in [-0.4, -0.2) is 29.4 Å². The molecule has 0 bridgehead atoms. The van der Waals surface area contributed by atoms with Crippen molar-refractivity contribution in [2.24, 2.45) is 4.99 Å². The molecule has 0 unspecified atom stereocenters. The summed E-state index contributed by atoms with van der Waals surface area (Å²) < 4.78 is 33.2. The average molecular weight is 398 g/mol. The van der Waals surface area contributed by atoms with Gasteiger partial charge in [-0.15, -0.1) is 0 Å². The molecular formula is C17H12FeNO5S-. The van der Waals surface area contributed by atoms with Crippen LogP contribution in [0.1, 0.15) is 5.56 Å². The first-order valence-electron chi connectivity index (χ1n) is 6.90. The van der Waals surface area contributed by atoms with Crippen molar-refractivity contribution in [2.45, 2.75) is 4.90 Å². The summed E-state index contributed by atoms with van der Waals surface area (Å²) >= 11 is 0. The molecule has 2 N–H and O–H groups in total. The molecule has 130 valence electrons. The molecule has 0 aliphatic rings. The van der Waals surface area contributed by atoms with Gasteiger partial charge in [-0.1, -0.05) is 30.3 Å². The van der Waals surface area contributed by atoms with Gasteiger partial charge in [0, 0.05) is 28.8 Å². The number of aromatic hydroxyl groups is 2. The van der Waals surface area contributed by atoms with E-state index in [2.05, 4.69) is 4.99 Å². The van der Waals surface area contributed by atoms with E-state index in [0.717, 1.165) is 29.0 Å². The predicted molar refractivity (Wildman–Crippen MR) is 88.9 cm³/mol. The molecule has 0 atom stereocenters. The number of hydrogen-bond acceptors (Lipinski definition) is 6. The largest absolute Gasteiger partial charge is 0.744 e. The summed E-state index contributed by atoms with van der Waals surface area (Å²) in [5.74, 6) is -0.289. The summed E-state index contributed by atoms with van der Waals surface area (Å²) in [7, 11) is -4.65. The van der Waals surface area contributed by atoms with Crippen molar-refractivity contribution in [2.75, 3.05) is 0 Å². The quantitative estimate of drug-likeness (QED) is 0.401. The van der Waals surface area contributed by atoms with Crippen LogP contribution < -0.4 is 0 Å². The van der Waals surface area contributed by atoms with Crippen LogP contribution in [0.2, 0.25) is 0 Å². The zero-order valence-corrected chi connectivity index (χ0v) is 14.5. The topological polar surface area (TPSA) is 110 Å². The first-order chi connectivity index (χ1) is 11.4. The van der Waals surface area contributed by atoms with Crippen LogP contribution in [0.5, 0.6) is 11.5 Å². The van der Waals surface area contributed by atoms with Crippen molar-refractivity contribution >= 4 is 32.8 Å². The Kier molecular flexibility index (Phi) is 5.49. The number of nitrogens with zero attached hydrogens (tertiary/aromatic N) is 1. The summed E-state index contributed by atoms with van der Waals surface area (Å²) in [5, 5.41) is 21.5. The van der Waals surface area contributed by atoms with E-state index in [4.69, 9.17) is 0 Å². The molecule has 0 amide bonds. The molecule has 3 aromatic rings. The van der Waals surface area contributed by atoms with E-state index in [0.29, 0.717) is 5.56 Å². The fourth-order valence-electron chi connectivity index (χ4n) is 2.32. The zero-order valence-electron chi connectivity index (χ0n) is 12.6. The van der Waals surface area contributed by atoms with Crippen molar-refractivity contribution in [3.8, 4) is 11.5 Å². The fourth-order valence-corrected chi connectivity index (χ4v) is 2.81. The minimum Gasteiger partial charge on any atom is -0.744 e. The number of benzene rings is 3. The van der Waals surface area contributed by atoms with Crippen LogP contribution in [0.4, 0.5) is 5.69 Å². The van der Waals surface area contributed by atoms with Gasteiger partial charge in [-0.05, 0) is 35.0 Å². The number of hydrogen-bond donors (Lipinski definition) is 2. The third-order valence-electron chi connectivity index (χ3n) is 3.52. The van der Waals surface area contributed by atoms with Gasteiger partial charge in [-0.25, -0.2) is 8.42 Å². The minimum absolute atomic E-state index is 0. The number of fused-ring (bicyclic) bond motifs is 1. The summed E-state index contributed by atoms with van der Waals surface area (Å²) in [6.07, 6.45) is 1.31. The summed E-state index contributed by atoms with van der Waals surface area (Å²) in [6.45, 7) is 0. The molecule has 0 aliphatic heterocycles. The maximum Gasteiger partial charge on any atom is 0.141 e. The Bertz CT molecular complexity index is 1060. The third-order valence-corrected chi connectivity index (χ3v) is 4.35. The minimum atomic E-state index is -4.65. The first-order valence-corrected chi connectivity index (χ1v) is 8.31. The van der Waals surface area contributed by atoms with E-state index in [9.17, 15) is 23.2 Å². The van der Waals surface area contributed by atoms with Crippen molar-refractivity contribution in [3.05, 3.63) is 60.2 Å². The fraction of sp³-hybridized carbons (Fsp3) is 0. The zero-order chi connectivity index (χ0) is 17.3. The van der Waals surface area contributed by atoms with E-state index in [1.54, 1.807) is 18.2 Å². The molecule has 0 radical (unpaired) electrons. The summed E-state index contributed by atoms with van der Waals surface area (Å²) in [5.41, 5.74) is 0.335. The molecule has 0 fully saturated rings. The van der Waals surface area contributed by atoms with Crippen LogP contribution in [0, 0.1) is 0 Å². The average Bonchev–Trinajstić information content (AvgIpc) is 2.54. The summed E-state index contributed by atoms with van der Waals surface area (Å²) in [6, 6.07) is 13.7. The Hall–Kier alpha value is -2.38. The Morgan fingerprint density at radius 3 is 2.36 bits per heavy atom. The Morgan fingerprint density at radius 1 is 0.960 bits per heavy atom. The van der Waals surface area contributed by atoms with Gasteiger partial charge in [-0.3, -0.25) is 4.99 Å². The summed E-state index contributed by atoms with van der Waals surface area (Å²) in [4.78, 5) is 3.53. The smallest absolute Gasteiger partial charge is 0.141 e. The van der Waals surface area contributed by atoms with E-state index in [1.165, 1.54) is 12.3 Å². The maximum atomic E-state index is 11.1. The molecule has 0 spiro atoms. The van der Waals surface area contributed by atoms with E-state index in [-0.39, 0.29) is 34.3 Å². The molecule has 3 aromatic carbocycles. The monoisotopic (exact) mass is 398 g/mol. The second-order valence-corrected chi connectivity index (χ2v) is 6.46. The second kappa shape index (κ2) is 7.24. The van der Waals surface area contributed by atoms with Gasteiger partial charge in [0.1, 0.15) is 27.3 Å². The first kappa shape index (κ1) is 19.0. The van der Waals surface area contributed by atoms with Crippen molar-refractivity contribution < 1.29 is 40.3 Å². The van der Waals surface area contributed by atoms with Crippen LogP contribution in [0.3, 0.4) is 0 Å². The van der Waals surface area contributed by atoms with Gasteiger partial charge in [0.2, 0.25) is 0 Å². The molecular weight excluding hydrogens is 386 g/mol. The van der Waals surface area contributed by atoms with Crippen molar-refractivity contribution in [1.82, 2.24) is 0 Å². The molecule has 0 aromatic heterocycles. The number of aliphatic imine (C=N–C) groups is 1. The van der Waals surface area contributed by atoms with Gasteiger partial charge >= 0.3 is 0 Å². The molecule has 0 aliphatic carbocycles. The van der Waals surface area contributed by atoms with Crippen LogP contribution >= 0.6 is 0 Å². The molecule has 8 heteroatoms. The molecule has 0 heterocycles. The maximum absolute atomic E-state index is 11.1. The standard InChI is InChI=1S/C17H13NO5S.Fe/c19-16-7-5-11-3-1-2-4-13(11)14(16)10-18-15-9-12(24(21,22)23)6-8-17(15)20;/h1-10,19-20H,(H,21,22,23);/p-1. The van der Waals surface area contributed by atoms with Gasteiger partial charge in [0.25, 0.3) is 0 Å². The van der Waals surface area contributed by atoms with Crippen LogP contribution in [0.25, 0.3) is 10.8 Å². The van der Waals surface area contributed by atoms with E-state index >= 15 is 0 Å². The van der Waals surface area contributed by atoms with E-state index in [1.807, 2.05) is 12.1 Å². The second-order valence-electron chi connectivity index (χ2n) is 5.08. The van der Waals surface area contributed by atoms with Gasteiger partial charge in [-0.2, -0.15) is 0 Å². The predicted octanol–water partition coefficient (Wildman–Crippen LogP) is 2.90. The SMILES string of the molecule is O=S(=O)([O-])c1ccc(O)c(N=Cc2c(O)ccc3ccccc23)c1.[Fe]. The molecule has 3 rings (SSSR count). The third kappa shape index (κ3) is 4.00. The van der Waals surface area contributed by atoms with Gasteiger partial charge in [0.05, 0.1) is 4.90 Å². The van der Waals surface area contributed by atoms with Crippen molar-refractivity contribution in [3.63, 3.8) is 0 Å². The molecule has 25 heavy (non-hydrogen) atoms. The normalized spacial score (nSPS) is 11.6. The van der Waals surface area contributed by atoms with Crippen LogP contribution in [-0.2, 0) is 27.2 Å². The number of phenolic OH excluding ortho intramolecular Hbond substituents is 2. The molecule has 6 nitrogen and oxygen atoms in total. The Balaban J connectivity index is 0.00000225. The number of rotatable bonds is 3. The van der Waals surface area contributed by atoms with E-state index < -0.39 is 15.0 Å². The van der Waals surface area contributed by atoms with Crippen LogP contribution in [0.15, 0.2) is 64.5 Å². The molecule has 0 saturated carbocycles. The Morgan fingerprint density at radius 2 is 1.64 bits per heavy atom. The van der Waals surface area contributed by atoms with Crippen molar-refractivity contribution in [1.29, 1.82) is 0 Å².